The Morgan fingerprint density at radius 3 is 3.00 bits per heavy atom. The zero-order chi connectivity index (χ0) is 13.7. The second-order valence-corrected chi connectivity index (χ2v) is 5.57. The highest BCUT2D eigenvalue weighted by Crippen LogP contribution is 2.26. The summed E-state index contributed by atoms with van der Waals surface area (Å²) in [7, 11) is 0. The minimum atomic E-state index is 0.100. The van der Waals surface area contributed by atoms with Gasteiger partial charge in [-0.3, -0.25) is 4.79 Å². The molecule has 0 radical (unpaired) electrons. The summed E-state index contributed by atoms with van der Waals surface area (Å²) in [5, 5.41) is 0. The summed E-state index contributed by atoms with van der Waals surface area (Å²) in [6.45, 7) is 2.92. The highest BCUT2D eigenvalue weighted by atomic mass is 16.2. The largest absolute Gasteiger partial charge is 0.339 e. The van der Waals surface area contributed by atoms with Crippen molar-refractivity contribution in [2.75, 3.05) is 6.54 Å². The third-order valence-electron chi connectivity index (χ3n) is 4.29. The summed E-state index contributed by atoms with van der Waals surface area (Å²) in [4.78, 5) is 13.9. The topological polar surface area (TPSA) is 20.3 Å². The van der Waals surface area contributed by atoms with Crippen LogP contribution in [0.1, 0.15) is 39.0 Å². The number of carbonyl (C=O) groups excluding carboxylic acids is 1. The van der Waals surface area contributed by atoms with E-state index < -0.39 is 0 Å². The summed E-state index contributed by atoms with van der Waals surface area (Å²) in [5.74, 6) is 3.66. The maximum absolute atomic E-state index is 12.0. The van der Waals surface area contributed by atoms with Crippen molar-refractivity contribution >= 4 is 5.91 Å². The van der Waals surface area contributed by atoms with Gasteiger partial charge in [-0.25, -0.2) is 0 Å². The Kier molecular flexibility index (Phi) is 4.85. The highest BCUT2D eigenvalue weighted by molar-refractivity contribution is 5.79. The van der Waals surface area contributed by atoms with Gasteiger partial charge in [0.1, 0.15) is 0 Å². The first-order chi connectivity index (χ1) is 9.22. The lowest BCUT2D eigenvalue weighted by Gasteiger charge is -2.25. The molecular formula is C17H23NO. The minimum absolute atomic E-state index is 0.100. The number of hydrogen-bond acceptors (Lipinski definition) is 1. The summed E-state index contributed by atoms with van der Waals surface area (Å²) >= 11 is 0. The third kappa shape index (κ3) is 3.50. The average molecular weight is 257 g/mol. The molecule has 0 spiro atoms. The van der Waals surface area contributed by atoms with Gasteiger partial charge in [0.15, 0.2) is 0 Å². The Morgan fingerprint density at radius 1 is 1.42 bits per heavy atom. The standard InChI is InChI=1S/C17H23NO/c1-3-16-13-17(19)18(14(16)2)12-11-15-9-7-5-4-6-8-10-15/h1,4-5,8,10,14-16H,6-7,9,11-13H2,2H3/b5-4?,10-8-/t14-,15?,16?/m0/s1. The van der Waals surface area contributed by atoms with E-state index in [0.717, 1.165) is 25.8 Å². The van der Waals surface area contributed by atoms with Crippen LogP contribution in [0.25, 0.3) is 0 Å². The van der Waals surface area contributed by atoms with Gasteiger partial charge in [0.25, 0.3) is 0 Å². The summed E-state index contributed by atoms with van der Waals surface area (Å²) in [6.07, 6.45) is 19.4. The molecule has 0 saturated carbocycles. The number of carbonyl (C=O) groups is 1. The minimum Gasteiger partial charge on any atom is -0.339 e. The lowest BCUT2D eigenvalue weighted by molar-refractivity contribution is -0.128. The fourth-order valence-corrected chi connectivity index (χ4v) is 2.96. The van der Waals surface area contributed by atoms with Gasteiger partial charge in [0.2, 0.25) is 5.91 Å². The zero-order valence-electron chi connectivity index (χ0n) is 11.7. The lowest BCUT2D eigenvalue weighted by atomic mass is 9.96. The van der Waals surface area contributed by atoms with Crippen molar-refractivity contribution in [1.82, 2.24) is 4.90 Å². The van der Waals surface area contributed by atoms with Gasteiger partial charge in [-0.15, -0.1) is 12.3 Å². The molecule has 19 heavy (non-hydrogen) atoms. The van der Waals surface area contributed by atoms with Crippen molar-refractivity contribution in [2.24, 2.45) is 11.8 Å². The smallest absolute Gasteiger partial charge is 0.224 e. The average Bonchev–Trinajstić information content (AvgIpc) is 2.64. The van der Waals surface area contributed by atoms with Gasteiger partial charge in [0.05, 0.1) is 0 Å². The van der Waals surface area contributed by atoms with Crippen LogP contribution in [0.5, 0.6) is 0 Å². The van der Waals surface area contributed by atoms with E-state index in [0.29, 0.717) is 12.3 Å². The lowest BCUT2D eigenvalue weighted by Crippen LogP contribution is -2.34. The van der Waals surface area contributed by atoms with Crippen molar-refractivity contribution < 1.29 is 4.79 Å². The van der Waals surface area contributed by atoms with E-state index in [1.165, 1.54) is 6.42 Å². The normalized spacial score (nSPS) is 32.7. The second-order valence-electron chi connectivity index (χ2n) is 5.57. The van der Waals surface area contributed by atoms with Crippen LogP contribution in [0.15, 0.2) is 24.3 Å². The molecule has 1 saturated heterocycles. The fraction of sp³-hybridized carbons (Fsp3) is 0.588. The van der Waals surface area contributed by atoms with Crippen LogP contribution >= 0.6 is 0 Å². The van der Waals surface area contributed by atoms with E-state index in [1.807, 2.05) is 4.90 Å². The number of rotatable bonds is 3. The first kappa shape index (κ1) is 13.9. The summed E-state index contributed by atoms with van der Waals surface area (Å²) in [5.41, 5.74) is 0. The van der Waals surface area contributed by atoms with Crippen molar-refractivity contribution in [3.05, 3.63) is 24.3 Å². The molecule has 0 bridgehead atoms. The number of likely N-dealkylation sites (tertiary alicyclic amines) is 1. The summed E-state index contributed by atoms with van der Waals surface area (Å²) < 4.78 is 0. The second kappa shape index (κ2) is 6.61. The Balaban J connectivity index is 1.86. The maximum Gasteiger partial charge on any atom is 0.224 e. The Morgan fingerprint density at radius 2 is 2.26 bits per heavy atom. The zero-order valence-corrected chi connectivity index (χ0v) is 11.7. The van der Waals surface area contributed by atoms with E-state index in [-0.39, 0.29) is 17.9 Å². The van der Waals surface area contributed by atoms with E-state index in [4.69, 9.17) is 6.42 Å². The molecule has 0 N–H and O–H groups in total. The Labute approximate surface area is 116 Å². The number of allylic oxidation sites excluding steroid dienone is 4. The van der Waals surface area contributed by atoms with Gasteiger partial charge < -0.3 is 4.90 Å². The molecule has 1 aliphatic carbocycles. The molecule has 2 unspecified atom stereocenters. The van der Waals surface area contributed by atoms with Crippen LogP contribution in [-0.2, 0) is 4.79 Å². The van der Waals surface area contributed by atoms with E-state index in [9.17, 15) is 4.79 Å². The predicted molar refractivity (Wildman–Crippen MR) is 78.4 cm³/mol. The first-order valence-electron chi connectivity index (χ1n) is 7.29. The number of nitrogens with zero attached hydrogens (tertiary/aromatic N) is 1. The van der Waals surface area contributed by atoms with Crippen LogP contribution in [0.4, 0.5) is 0 Å². The number of amides is 1. The SMILES string of the molecule is C#CC1CC(=O)N(CCC2/C=C\CC=CCC2)[C@H]1C. The molecule has 0 aromatic rings. The molecule has 1 fully saturated rings. The van der Waals surface area contributed by atoms with Gasteiger partial charge in [-0.2, -0.15) is 0 Å². The van der Waals surface area contributed by atoms with Gasteiger partial charge >= 0.3 is 0 Å². The molecule has 0 aromatic carbocycles. The van der Waals surface area contributed by atoms with Crippen LogP contribution in [0.2, 0.25) is 0 Å². The molecule has 1 amide bonds. The van der Waals surface area contributed by atoms with Gasteiger partial charge in [-0.05, 0) is 38.5 Å². The Bertz CT molecular complexity index is 415. The van der Waals surface area contributed by atoms with Crippen LogP contribution in [0, 0.1) is 24.2 Å². The maximum atomic E-state index is 12.0. The van der Waals surface area contributed by atoms with Gasteiger partial charge in [0, 0.05) is 24.9 Å². The molecule has 1 heterocycles. The van der Waals surface area contributed by atoms with Crippen LogP contribution < -0.4 is 0 Å². The van der Waals surface area contributed by atoms with Gasteiger partial charge in [-0.1, -0.05) is 24.3 Å². The van der Waals surface area contributed by atoms with E-state index in [2.05, 4.69) is 37.1 Å². The Hall–Kier alpha value is -1.49. The van der Waals surface area contributed by atoms with Crippen molar-refractivity contribution in [3.8, 4) is 12.3 Å². The van der Waals surface area contributed by atoms with E-state index >= 15 is 0 Å². The molecule has 1 aliphatic heterocycles. The number of terminal acetylenes is 1. The quantitative estimate of drug-likeness (QED) is 0.562. The molecule has 2 rings (SSSR count). The van der Waals surface area contributed by atoms with Crippen molar-refractivity contribution in [3.63, 3.8) is 0 Å². The molecule has 0 aromatic heterocycles. The third-order valence-corrected chi connectivity index (χ3v) is 4.29. The fourth-order valence-electron chi connectivity index (χ4n) is 2.96. The molecule has 2 nitrogen and oxygen atoms in total. The van der Waals surface area contributed by atoms with Crippen LogP contribution in [-0.4, -0.2) is 23.4 Å². The first-order valence-corrected chi connectivity index (χ1v) is 7.29. The molecule has 102 valence electrons. The molecular weight excluding hydrogens is 234 g/mol. The molecule has 3 atom stereocenters. The monoisotopic (exact) mass is 257 g/mol. The highest BCUT2D eigenvalue weighted by Gasteiger charge is 2.35. The van der Waals surface area contributed by atoms with Crippen LogP contribution in [0.3, 0.4) is 0 Å². The predicted octanol–water partition coefficient (Wildman–Crippen LogP) is 3.16. The van der Waals surface area contributed by atoms with Crippen molar-refractivity contribution in [1.29, 1.82) is 0 Å². The summed E-state index contributed by atoms with van der Waals surface area (Å²) in [6, 6.07) is 0.204. The van der Waals surface area contributed by atoms with E-state index in [1.54, 1.807) is 0 Å². The van der Waals surface area contributed by atoms with Crippen molar-refractivity contribution in [2.45, 2.75) is 45.1 Å². The molecule has 2 heteroatoms. The number of hydrogen-bond donors (Lipinski definition) is 0. The molecule has 2 aliphatic rings.